The summed E-state index contributed by atoms with van der Waals surface area (Å²) in [6.07, 6.45) is 8.81. The first kappa shape index (κ1) is 5.95. The van der Waals surface area contributed by atoms with Crippen LogP contribution in [0.4, 0.5) is 0 Å². The molecule has 9 heavy (non-hydrogen) atoms. The van der Waals surface area contributed by atoms with Crippen LogP contribution in [0.3, 0.4) is 0 Å². The fourth-order valence-corrected chi connectivity index (χ4v) is 0.492. The molecule has 1 rings (SSSR count). The van der Waals surface area contributed by atoms with Crippen molar-refractivity contribution in [2.75, 3.05) is 0 Å². The van der Waals surface area contributed by atoms with Gasteiger partial charge >= 0.3 is 0 Å². The molecule has 2 nitrogen and oxygen atoms in total. The Morgan fingerprint density at radius 3 is 3.11 bits per heavy atom. The summed E-state index contributed by atoms with van der Waals surface area (Å²) in [4.78, 5) is 7.95. The molecule has 0 spiro atoms. The van der Waals surface area contributed by atoms with Crippen LogP contribution < -0.4 is 0 Å². The second-order valence-corrected chi connectivity index (χ2v) is 1.73. The molecule has 0 saturated heterocycles. The number of aliphatic imine (C=N–C) groups is 2. The van der Waals surface area contributed by atoms with Crippen LogP contribution in [0.5, 0.6) is 0 Å². The van der Waals surface area contributed by atoms with Crippen molar-refractivity contribution in [2.45, 2.75) is 6.92 Å². The molecule has 0 aromatic heterocycles. The lowest BCUT2D eigenvalue weighted by Crippen LogP contribution is -1.82. The average Bonchev–Trinajstić information content (AvgIpc) is 1.79. The lowest BCUT2D eigenvalue weighted by molar-refractivity contribution is 1.50. The maximum absolute atomic E-state index is 4.04. The summed E-state index contributed by atoms with van der Waals surface area (Å²) < 4.78 is 0. The highest BCUT2D eigenvalue weighted by Gasteiger charge is 1.79. The van der Waals surface area contributed by atoms with Gasteiger partial charge < -0.3 is 0 Å². The Morgan fingerprint density at radius 1 is 1.33 bits per heavy atom. The highest BCUT2D eigenvalue weighted by atomic mass is 14.7. The molecule has 1 aliphatic heterocycles. The Morgan fingerprint density at radius 2 is 2.22 bits per heavy atom. The van der Waals surface area contributed by atoms with E-state index in [0.29, 0.717) is 0 Å². The maximum Gasteiger partial charge on any atom is 0.0387 e. The predicted octanol–water partition coefficient (Wildman–Crippen LogP) is 1.56. The summed E-state index contributed by atoms with van der Waals surface area (Å²) in [7, 11) is 0. The zero-order valence-electron chi connectivity index (χ0n) is 5.28. The molecule has 0 radical (unpaired) electrons. The van der Waals surface area contributed by atoms with Crippen molar-refractivity contribution < 1.29 is 0 Å². The molecule has 0 aromatic rings. The van der Waals surface area contributed by atoms with Gasteiger partial charge in [-0.3, -0.25) is 9.98 Å². The Labute approximate surface area is 54.3 Å². The molecule has 0 N–H and O–H groups in total. The minimum atomic E-state index is 0.975. The maximum atomic E-state index is 4.04. The van der Waals surface area contributed by atoms with Crippen molar-refractivity contribution in [3.8, 4) is 0 Å². The smallest absolute Gasteiger partial charge is 0.0387 e. The summed E-state index contributed by atoms with van der Waals surface area (Å²) in [5.41, 5.74) is 0.975. The standard InChI is InChI=1S/C7H8N2/c1-7-3-6-8-4-2-5-9-7/h2-6H,1H3. The molecule has 0 atom stereocenters. The lowest BCUT2D eigenvalue weighted by atomic mass is 10.4. The van der Waals surface area contributed by atoms with Gasteiger partial charge in [-0.25, -0.2) is 0 Å². The van der Waals surface area contributed by atoms with Gasteiger partial charge in [0, 0.05) is 24.3 Å². The van der Waals surface area contributed by atoms with Crippen molar-refractivity contribution in [3.63, 3.8) is 0 Å². The summed E-state index contributed by atoms with van der Waals surface area (Å²) >= 11 is 0. The molecule has 0 unspecified atom stereocenters. The minimum absolute atomic E-state index is 0.975. The quantitative estimate of drug-likeness (QED) is 0.463. The van der Waals surface area contributed by atoms with Crippen LogP contribution in [0.1, 0.15) is 6.92 Å². The summed E-state index contributed by atoms with van der Waals surface area (Å²) in [6, 6.07) is 0. The Balaban J connectivity index is 2.77. The molecule has 0 fully saturated rings. The third-order valence-corrected chi connectivity index (χ3v) is 0.938. The van der Waals surface area contributed by atoms with E-state index in [0.717, 1.165) is 5.71 Å². The molecule has 46 valence electrons. The van der Waals surface area contributed by atoms with Crippen LogP contribution in [0, 0.1) is 0 Å². The lowest BCUT2D eigenvalue weighted by Gasteiger charge is -1.86. The fraction of sp³-hybridized carbons (Fsp3) is 0.143. The normalized spacial score (nSPS) is 16.8. The van der Waals surface area contributed by atoms with Gasteiger partial charge in [-0.1, -0.05) is 0 Å². The van der Waals surface area contributed by atoms with Crippen molar-refractivity contribution >= 4 is 11.9 Å². The SMILES string of the molecule is CC1=NC=CC=NC=C1. The van der Waals surface area contributed by atoms with E-state index in [9.17, 15) is 0 Å². The van der Waals surface area contributed by atoms with Crippen molar-refractivity contribution in [2.24, 2.45) is 9.98 Å². The first-order valence-electron chi connectivity index (χ1n) is 2.79. The van der Waals surface area contributed by atoms with Gasteiger partial charge in [-0.15, -0.1) is 0 Å². The molecule has 0 amide bonds. The second kappa shape index (κ2) is 2.97. The van der Waals surface area contributed by atoms with Crippen LogP contribution >= 0.6 is 0 Å². The topological polar surface area (TPSA) is 24.7 Å². The first-order chi connectivity index (χ1) is 4.39. The van der Waals surface area contributed by atoms with Gasteiger partial charge in [0.2, 0.25) is 0 Å². The highest BCUT2D eigenvalue weighted by molar-refractivity contribution is 5.93. The van der Waals surface area contributed by atoms with E-state index in [2.05, 4.69) is 9.98 Å². The summed E-state index contributed by atoms with van der Waals surface area (Å²) in [6.45, 7) is 1.93. The Bertz CT molecular complexity index is 197. The van der Waals surface area contributed by atoms with Crippen molar-refractivity contribution in [3.05, 3.63) is 24.6 Å². The van der Waals surface area contributed by atoms with E-state index >= 15 is 0 Å². The van der Waals surface area contributed by atoms with Crippen LogP contribution in [0.2, 0.25) is 0 Å². The van der Waals surface area contributed by atoms with E-state index in [4.69, 9.17) is 0 Å². The molecular weight excluding hydrogens is 112 g/mol. The van der Waals surface area contributed by atoms with E-state index in [1.54, 1.807) is 24.7 Å². The number of nitrogens with zero attached hydrogens (tertiary/aromatic N) is 2. The fourth-order valence-electron chi connectivity index (χ4n) is 0.492. The monoisotopic (exact) mass is 120 g/mol. The zero-order valence-corrected chi connectivity index (χ0v) is 5.28. The average molecular weight is 120 g/mol. The second-order valence-electron chi connectivity index (χ2n) is 1.73. The van der Waals surface area contributed by atoms with Gasteiger partial charge in [0.15, 0.2) is 0 Å². The first-order valence-corrected chi connectivity index (χ1v) is 2.79. The van der Waals surface area contributed by atoms with Gasteiger partial charge in [0.25, 0.3) is 0 Å². The molecule has 1 aliphatic rings. The Hall–Kier alpha value is -1.18. The van der Waals surface area contributed by atoms with E-state index in [-0.39, 0.29) is 0 Å². The molecule has 0 saturated carbocycles. The number of rotatable bonds is 0. The number of hydrogen-bond donors (Lipinski definition) is 0. The van der Waals surface area contributed by atoms with Gasteiger partial charge in [-0.05, 0) is 19.1 Å². The predicted molar refractivity (Wildman–Crippen MR) is 39.9 cm³/mol. The third-order valence-electron chi connectivity index (χ3n) is 0.938. The Kier molecular flexibility index (Phi) is 1.96. The van der Waals surface area contributed by atoms with Gasteiger partial charge in [-0.2, -0.15) is 0 Å². The molecule has 0 aromatic carbocycles. The molecule has 0 bridgehead atoms. The number of allylic oxidation sites excluding steroid dienone is 2. The minimum Gasteiger partial charge on any atom is -0.265 e. The van der Waals surface area contributed by atoms with Crippen LogP contribution in [-0.4, -0.2) is 11.9 Å². The zero-order chi connectivity index (χ0) is 6.53. The molecular formula is C7H8N2. The van der Waals surface area contributed by atoms with Gasteiger partial charge in [0.1, 0.15) is 0 Å². The molecule has 0 aliphatic carbocycles. The van der Waals surface area contributed by atoms with Crippen LogP contribution in [0.15, 0.2) is 34.5 Å². The van der Waals surface area contributed by atoms with Crippen LogP contribution in [-0.2, 0) is 0 Å². The number of hydrogen-bond acceptors (Lipinski definition) is 2. The third kappa shape index (κ3) is 2.04. The van der Waals surface area contributed by atoms with Crippen molar-refractivity contribution in [1.82, 2.24) is 0 Å². The summed E-state index contributed by atoms with van der Waals surface area (Å²) in [5.74, 6) is 0. The van der Waals surface area contributed by atoms with E-state index in [1.807, 2.05) is 13.0 Å². The van der Waals surface area contributed by atoms with Crippen molar-refractivity contribution in [1.29, 1.82) is 0 Å². The summed E-state index contributed by atoms with van der Waals surface area (Å²) in [5, 5.41) is 0. The van der Waals surface area contributed by atoms with E-state index in [1.165, 1.54) is 0 Å². The molecule has 1 heterocycles. The largest absolute Gasteiger partial charge is 0.265 e. The van der Waals surface area contributed by atoms with Crippen LogP contribution in [0.25, 0.3) is 0 Å². The van der Waals surface area contributed by atoms with Gasteiger partial charge in [0.05, 0.1) is 0 Å². The highest BCUT2D eigenvalue weighted by Crippen LogP contribution is 1.86. The molecule has 2 heteroatoms. The van der Waals surface area contributed by atoms with E-state index < -0.39 is 0 Å².